The molecule has 2 heterocycles. The van der Waals surface area contributed by atoms with Crippen LogP contribution in [0.4, 0.5) is 18.9 Å². The molecule has 1 aliphatic rings. The van der Waals surface area contributed by atoms with Crippen molar-refractivity contribution in [3.8, 4) is 11.3 Å². The van der Waals surface area contributed by atoms with E-state index in [0.717, 1.165) is 46.9 Å². The summed E-state index contributed by atoms with van der Waals surface area (Å²) in [5, 5.41) is 0.934. The maximum Gasteiger partial charge on any atom is 0.417 e. The van der Waals surface area contributed by atoms with E-state index < -0.39 is 26.7 Å². The summed E-state index contributed by atoms with van der Waals surface area (Å²) in [7, 11) is -4.40. The molecule has 0 atom stereocenters. The number of alkyl halides is 3. The number of nitrogens with zero attached hydrogens (tertiary/aromatic N) is 2. The number of aryl methyl sites for hydroxylation is 1. The number of thioether (sulfide) groups is 1. The van der Waals surface area contributed by atoms with Crippen LogP contribution in [0, 0.1) is 0 Å². The first-order valence-electron chi connectivity index (χ1n) is 8.23. The van der Waals surface area contributed by atoms with E-state index in [1.54, 1.807) is 23.9 Å². The van der Waals surface area contributed by atoms with Gasteiger partial charge in [0.15, 0.2) is 5.16 Å². The highest BCUT2D eigenvalue weighted by molar-refractivity contribution is 7.99. The minimum atomic E-state index is -4.77. The highest BCUT2D eigenvalue weighted by Crippen LogP contribution is 2.35. The van der Waals surface area contributed by atoms with E-state index in [1.165, 1.54) is 18.2 Å². The van der Waals surface area contributed by atoms with Gasteiger partial charge in [0.2, 0.25) is 0 Å². The summed E-state index contributed by atoms with van der Waals surface area (Å²) in [6, 6.07) is 10.4. The zero-order valence-corrected chi connectivity index (χ0v) is 15.9. The Hall–Kier alpha value is -2.46. The van der Waals surface area contributed by atoms with Crippen LogP contribution in [0.5, 0.6) is 0 Å². The molecule has 0 bridgehead atoms. The second-order valence-corrected chi connectivity index (χ2v) is 8.84. The Kier molecular flexibility index (Phi) is 4.62. The van der Waals surface area contributed by atoms with E-state index >= 15 is 0 Å². The number of rotatable bonds is 4. The maximum atomic E-state index is 13.1. The van der Waals surface area contributed by atoms with Gasteiger partial charge in [-0.1, -0.05) is 36.0 Å². The van der Waals surface area contributed by atoms with Crippen LogP contribution in [-0.2, 0) is 22.7 Å². The zero-order chi connectivity index (χ0) is 19.9. The molecule has 146 valence electrons. The number of sulfonamides is 1. The fraction of sp³-hybridized carbons (Fsp3) is 0.167. The first-order chi connectivity index (χ1) is 13.2. The summed E-state index contributed by atoms with van der Waals surface area (Å²) < 4.78 is 68.6. The van der Waals surface area contributed by atoms with Crippen molar-refractivity contribution in [1.82, 2.24) is 9.55 Å². The zero-order valence-electron chi connectivity index (χ0n) is 14.3. The van der Waals surface area contributed by atoms with Gasteiger partial charge >= 0.3 is 6.18 Å². The van der Waals surface area contributed by atoms with Crippen molar-refractivity contribution in [3.63, 3.8) is 0 Å². The molecule has 4 rings (SSSR count). The summed E-state index contributed by atoms with van der Waals surface area (Å²) in [5.41, 5.74) is 0.520. The largest absolute Gasteiger partial charge is 0.417 e. The summed E-state index contributed by atoms with van der Waals surface area (Å²) in [5.74, 6) is 0.989. The Labute approximate surface area is 163 Å². The fourth-order valence-corrected chi connectivity index (χ4v) is 5.13. The summed E-state index contributed by atoms with van der Waals surface area (Å²) in [6.45, 7) is 0.892. The van der Waals surface area contributed by atoms with Crippen LogP contribution in [0.1, 0.15) is 5.56 Å². The standard InChI is InChI=1S/C18H14F3N3O2S2/c19-18(20,21)14-3-1-2-4-16(14)28(25,26)23-13-7-5-12(6-8-13)15-11-24-9-10-27-17(24)22-15/h1-8,11,23H,9-10H2. The van der Waals surface area contributed by atoms with Gasteiger partial charge in [-0.05, 0) is 24.3 Å². The number of anilines is 1. The lowest BCUT2D eigenvalue weighted by Gasteiger charge is -2.14. The molecule has 1 aromatic heterocycles. The summed E-state index contributed by atoms with van der Waals surface area (Å²) in [6.07, 6.45) is -2.84. The van der Waals surface area contributed by atoms with Crippen LogP contribution in [0.15, 0.2) is 64.8 Å². The van der Waals surface area contributed by atoms with Gasteiger partial charge in [-0.3, -0.25) is 4.72 Å². The molecular weight excluding hydrogens is 411 g/mol. The molecule has 0 saturated heterocycles. The molecule has 0 fully saturated rings. The normalized spacial score (nSPS) is 14.1. The van der Waals surface area contributed by atoms with Crippen LogP contribution >= 0.6 is 11.8 Å². The molecule has 10 heteroatoms. The van der Waals surface area contributed by atoms with Gasteiger partial charge in [-0.15, -0.1) is 0 Å². The lowest BCUT2D eigenvalue weighted by molar-refractivity contribution is -0.139. The van der Waals surface area contributed by atoms with E-state index in [-0.39, 0.29) is 5.69 Å². The third-order valence-corrected chi connectivity index (χ3v) is 6.63. The topological polar surface area (TPSA) is 64.0 Å². The molecule has 0 radical (unpaired) electrons. The van der Waals surface area contributed by atoms with Crippen molar-refractivity contribution in [1.29, 1.82) is 0 Å². The van der Waals surface area contributed by atoms with Crippen molar-refractivity contribution in [2.75, 3.05) is 10.5 Å². The van der Waals surface area contributed by atoms with Crippen molar-refractivity contribution in [3.05, 3.63) is 60.3 Å². The monoisotopic (exact) mass is 425 g/mol. The number of halogens is 3. The summed E-state index contributed by atoms with van der Waals surface area (Å²) in [4.78, 5) is 3.70. The molecular formula is C18H14F3N3O2S2. The quantitative estimate of drug-likeness (QED) is 0.670. The van der Waals surface area contributed by atoms with Crippen molar-refractivity contribution in [2.24, 2.45) is 0 Å². The molecule has 0 saturated carbocycles. The van der Waals surface area contributed by atoms with Gasteiger partial charge in [-0.2, -0.15) is 13.2 Å². The first-order valence-corrected chi connectivity index (χ1v) is 10.7. The molecule has 1 aliphatic heterocycles. The number of benzene rings is 2. The Bertz CT molecular complexity index is 1100. The van der Waals surface area contributed by atoms with Gasteiger partial charge in [0.05, 0.1) is 16.2 Å². The van der Waals surface area contributed by atoms with E-state index in [0.29, 0.717) is 0 Å². The van der Waals surface area contributed by atoms with Gasteiger partial charge in [0.1, 0.15) is 0 Å². The number of nitrogens with one attached hydrogen (secondary N) is 1. The number of hydrogen-bond donors (Lipinski definition) is 1. The van der Waals surface area contributed by atoms with E-state index in [1.807, 2.05) is 10.8 Å². The Balaban J connectivity index is 1.59. The lowest BCUT2D eigenvalue weighted by Crippen LogP contribution is -2.18. The fourth-order valence-electron chi connectivity index (χ4n) is 2.90. The second kappa shape index (κ2) is 6.85. The Morgan fingerprint density at radius 2 is 1.79 bits per heavy atom. The first kappa shape index (κ1) is 18.9. The minimum Gasteiger partial charge on any atom is -0.325 e. The third kappa shape index (κ3) is 3.61. The van der Waals surface area contributed by atoms with Crippen LogP contribution in [0.2, 0.25) is 0 Å². The van der Waals surface area contributed by atoms with Gasteiger partial charge in [0.25, 0.3) is 10.0 Å². The average Bonchev–Trinajstić information content (AvgIpc) is 3.23. The molecule has 0 unspecified atom stereocenters. The van der Waals surface area contributed by atoms with Crippen LogP contribution in [0.25, 0.3) is 11.3 Å². The molecule has 28 heavy (non-hydrogen) atoms. The second-order valence-electron chi connectivity index (χ2n) is 6.13. The average molecular weight is 425 g/mol. The highest BCUT2D eigenvalue weighted by atomic mass is 32.2. The van der Waals surface area contributed by atoms with Crippen LogP contribution in [0.3, 0.4) is 0 Å². The number of imidazole rings is 1. The minimum absolute atomic E-state index is 0.168. The molecule has 1 N–H and O–H groups in total. The van der Waals surface area contributed by atoms with E-state index in [2.05, 4.69) is 9.71 Å². The van der Waals surface area contributed by atoms with Gasteiger partial charge in [0, 0.05) is 29.7 Å². The van der Waals surface area contributed by atoms with Crippen molar-refractivity contribution in [2.45, 2.75) is 22.8 Å². The smallest absolute Gasteiger partial charge is 0.325 e. The SMILES string of the molecule is O=S(=O)(Nc1ccc(-c2cn3c(n2)SCC3)cc1)c1ccccc1C(F)(F)F. The van der Waals surface area contributed by atoms with E-state index in [4.69, 9.17) is 0 Å². The number of hydrogen-bond acceptors (Lipinski definition) is 4. The van der Waals surface area contributed by atoms with Crippen LogP contribution in [-0.4, -0.2) is 23.7 Å². The van der Waals surface area contributed by atoms with Gasteiger partial charge in [-0.25, -0.2) is 13.4 Å². The Morgan fingerprint density at radius 3 is 2.46 bits per heavy atom. The molecule has 5 nitrogen and oxygen atoms in total. The Morgan fingerprint density at radius 1 is 1.07 bits per heavy atom. The number of fused-ring (bicyclic) bond motifs is 1. The molecule has 0 aliphatic carbocycles. The third-order valence-electron chi connectivity index (χ3n) is 4.22. The van der Waals surface area contributed by atoms with E-state index in [9.17, 15) is 21.6 Å². The molecule has 0 spiro atoms. The molecule has 0 amide bonds. The highest BCUT2D eigenvalue weighted by Gasteiger charge is 2.36. The maximum absolute atomic E-state index is 13.1. The summed E-state index contributed by atoms with van der Waals surface area (Å²) >= 11 is 1.66. The van der Waals surface area contributed by atoms with Crippen molar-refractivity contribution < 1.29 is 21.6 Å². The van der Waals surface area contributed by atoms with Crippen LogP contribution < -0.4 is 4.72 Å². The molecule has 2 aromatic carbocycles. The molecule has 3 aromatic rings. The predicted octanol–water partition coefficient (Wildman–Crippen LogP) is 4.48. The van der Waals surface area contributed by atoms with Gasteiger partial charge < -0.3 is 4.57 Å². The van der Waals surface area contributed by atoms with Crippen molar-refractivity contribution >= 4 is 27.5 Å². The lowest BCUT2D eigenvalue weighted by atomic mass is 10.1. The predicted molar refractivity (Wildman–Crippen MR) is 101 cm³/mol. The number of aromatic nitrogens is 2.